The van der Waals surface area contributed by atoms with Crippen LogP contribution in [-0.4, -0.2) is 25.4 Å². The summed E-state index contributed by atoms with van der Waals surface area (Å²) < 4.78 is 10.7. The van der Waals surface area contributed by atoms with Crippen molar-refractivity contribution in [3.8, 4) is 11.5 Å². The van der Waals surface area contributed by atoms with Crippen molar-refractivity contribution in [3.63, 3.8) is 0 Å². The van der Waals surface area contributed by atoms with Crippen LogP contribution in [0.1, 0.15) is 11.1 Å². The van der Waals surface area contributed by atoms with E-state index in [2.05, 4.69) is 5.32 Å². The largest absolute Gasteiger partial charge is 0.493 e. The molecule has 0 aliphatic heterocycles. The summed E-state index contributed by atoms with van der Waals surface area (Å²) in [5, 5.41) is 11.4. The van der Waals surface area contributed by atoms with Gasteiger partial charge in [-0.15, -0.1) is 0 Å². The number of hydrogen-bond acceptors (Lipinski definition) is 4. The molecule has 0 saturated carbocycles. The minimum Gasteiger partial charge on any atom is -0.493 e. The first-order chi connectivity index (χ1) is 10.5. The van der Waals surface area contributed by atoms with Crippen LogP contribution in [0.4, 0.5) is 16.2 Å². The third-order valence-electron chi connectivity index (χ3n) is 3.25. The first-order valence-electron chi connectivity index (χ1n) is 6.63. The third-order valence-corrected chi connectivity index (χ3v) is 3.25. The number of benzene rings is 2. The van der Waals surface area contributed by atoms with Gasteiger partial charge in [-0.05, 0) is 29.8 Å². The van der Waals surface area contributed by atoms with Crippen LogP contribution < -0.4 is 20.5 Å². The zero-order chi connectivity index (χ0) is 16.1. The van der Waals surface area contributed by atoms with Crippen molar-refractivity contribution in [1.82, 2.24) is 0 Å². The molecule has 0 spiro atoms. The fraction of sp³-hybridized carbons (Fsp3) is 0.188. The van der Waals surface area contributed by atoms with Crippen molar-refractivity contribution in [3.05, 3.63) is 47.5 Å². The molecule has 2 aromatic carbocycles. The van der Waals surface area contributed by atoms with Crippen molar-refractivity contribution in [2.45, 2.75) is 6.42 Å². The topological polar surface area (TPSA) is 93.8 Å². The number of nitrogen functional groups attached to an aromatic ring is 1. The summed E-state index contributed by atoms with van der Waals surface area (Å²) in [4.78, 5) is 11.0. The van der Waals surface area contributed by atoms with Crippen molar-refractivity contribution in [2.75, 3.05) is 25.3 Å². The molecule has 116 valence electrons. The molecule has 0 saturated heterocycles. The van der Waals surface area contributed by atoms with Crippen molar-refractivity contribution in [2.24, 2.45) is 0 Å². The average molecular weight is 302 g/mol. The molecule has 22 heavy (non-hydrogen) atoms. The highest BCUT2D eigenvalue weighted by Crippen LogP contribution is 2.37. The van der Waals surface area contributed by atoms with Gasteiger partial charge < -0.3 is 20.3 Å². The summed E-state index contributed by atoms with van der Waals surface area (Å²) in [6.07, 6.45) is -0.651. The average Bonchev–Trinajstić information content (AvgIpc) is 2.50. The highest BCUT2D eigenvalue weighted by Gasteiger charge is 2.16. The maximum Gasteiger partial charge on any atom is 0.409 e. The SMILES string of the molecule is COc1ccc(NC(=O)O)c(Cc2ccc(N)cc2)c1OC. The van der Waals surface area contributed by atoms with Gasteiger partial charge in [0, 0.05) is 17.7 Å². The quantitative estimate of drug-likeness (QED) is 0.738. The van der Waals surface area contributed by atoms with E-state index < -0.39 is 6.09 Å². The maximum atomic E-state index is 11.0. The number of rotatable bonds is 5. The Bertz CT molecular complexity index is 669. The molecule has 1 amide bonds. The number of hydrogen-bond donors (Lipinski definition) is 3. The summed E-state index contributed by atoms with van der Waals surface area (Å²) in [6, 6.07) is 10.7. The van der Waals surface area contributed by atoms with Gasteiger partial charge in [0.1, 0.15) is 0 Å². The van der Waals surface area contributed by atoms with Crippen LogP contribution in [0, 0.1) is 0 Å². The molecule has 0 bridgehead atoms. The molecule has 0 radical (unpaired) electrons. The van der Waals surface area contributed by atoms with Crippen molar-refractivity contribution >= 4 is 17.5 Å². The smallest absolute Gasteiger partial charge is 0.409 e. The van der Waals surface area contributed by atoms with E-state index in [4.69, 9.17) is 20.3 Å². The minimum atomic E-state index is -1.13. The summed E-state index contributed by atoms with van der Waals surface area (Å²) >= 11 is 0. The molecule has 6 nitrogen and oxygen atoms in total. The molecule has 0 heterocycles. The summed E-state index contributed by atoms with van der Waals surface area (Å²) in [6.45, 7) is 0. The summed E-state index contributed by atoms with van der Waals surface area (Å²) in [7, 11) is 3.06. The van der Waals surface area contributed by atoms with Crippen LogP contribution in [0.25, 0.3) is 0 Å². The Balaban J connectivity index is 2.48. The minimum absolute atomic E-state index is 0.460. The highest BCUT2D eigenvalue weighted by molar-refractivity contribution is 5.85. The van der Waals surface area contributed by atoms with Crippen molar-refractivity contribution in [1.29, 1.82) is 0 Å². The standard InChI is InChI=1S/C16H18N2O4/c1-21-14-8-7-13(18-16(19)20)12(15(14)22-2)9-10-3-5-11(17)6-4-10/h3-8,18H,9,17H2,1-2H3,(H,19,20). The van der Waals surface area contributed by atoms with Gasteiger partial charge in [0.2, 0.25) is 0 Å². The Morgan fingerprint density at radius 2 is 1.82 bits per heavy atom. The summed E-state index contributed by atoms with van der Waals surface area (Å²) in [5.41, 5.74) is 8.50. The third kappa shape index (κ3) is 3.41. The van der Waals surface area contributed by atoms with Crippen LogP contribution in [0.15, 0.2) is 36.4 Å². The van der Waals surface area contributed by atoms with E-state index in [9.17, 15) is 4.79 Å². The van der Waals surface area contributed by atoms with Crippen LogP contribution in [0.3, 0.4) is 0 Å². The monoisotopic (exact) mass is 302 g/mol. The van der Waals surface area contributed by atoms with E-state index >= 15 is 0 Å². The Morgan fingerprint density at radius 3 is 2.36 bits per heavy atom. The second kappa shape index (κ2) is 6.71. The molecule has 0 aromatic heterocycles. The zero-order valence-electron chi connectivity index (χ0n) is 12.4. The van der Waals surface area contributed by atoms with Crippen LogP contribution in [0.5, 0.6) is 11.5 Å². The van der Waals surface area contributed by atoms with Gasteiger partial charge in [0.25, 0.3) is 0 Å². The number of ether oxygens (including phenoxy) is 2. The van der Waals surface area contributed by atoms with Crippen molar-refractivity contribution < 1.29 is 19.4 Å². The van der Waals surface area contributed by atoms with E-state index in [1.165, 1.54) is 14.2 Å². The number of nitrogens with two attached hydrogens (primary N) is 1. The van der Waals surface area contributed by atoms with E-state index in [1.54, 1.807) is 24.3 Å². The lowest BCUT2D eigenvalue weighted by Gasteiger charge is -2.17. The Morgan fingerprint density at radius 1 is 1.14 bits per heavy atom. The maximum absolute atomic E-state index is 11.0. The molecule has 6 heteroatoms. The Kier molecular flexibility index (Phi) is 4.73. The van der Waals surface area contributed by atoms with E-state index in [0.29, 0.717) is 34.9 Å². The van der Waals surface area contributed by atoms with E-state index in [-0.39, 0.29) is 0 Å². The van der Waals surface area contributed by atoms with E-state index in [0.717, 1.165) is 5.56 Å². The number of anilines is 2. The predicted molar refractivity (Wildman–Crippen MR) is 84.9 cm³/mol. The van der Waals surface area contributed by atoms with Gasteiger partial charge >= 0.3 is 6.09 Å². The van der Waals surface area contributed by atoms with Crippen LogP contribution in [0.2, 0.25) is 0 Å². The first kappa shape index (κ1) is 15.5. The summed E-state index contributed by atoms with van der Waals surface area (Å²) in [5.74, 6) is 1.05. The lowest BCUT2D eigenvalue weighted by molar-refractivity contribution is 0.209. The predicted octanol–water partition coefficient (Wildman–Crippen LogP) is 2.97. The van der Waals surface area contributed by atoms with Gasteiger partial charge in [-0.25, -0.2) is 4.79 Å². The normalized spacial score (nSPS) is 10.1. The van der Waals surface area contributed by atoms with Crippen LogP contribution in [-0.2, 0) is 6.42 Å². The van der Waals surface area contributed by atoms with E-state index in [1.807, 2.05) is 12.1 Å². The molecule has 0 fully saturated rings. The van der Waals surface area contributed by atoms with Gasteiger partial charge in [0.15, 0.2) is 11.5 Å². The van der Waals surface area contributed by atoms with Gasteiger partial charge in [-0.2, -0.15) is 0 Å². The number of methoxy groups -OCH3 is 2. The van der Waals surface area contributed by atoms with Gasteiger partial charge in [-0.1, -0.05) is 12.1 Å². The molecule has 0 aliphatic carbocycles. The number of nitrogens with one attached hydrogen (secondary N) is 1. The molecular formula is C16H18N2O4. The lowest BCUT2D eigenvalue weighted by atomic mass is 10.0. The second-order valence-electron chi connectivity index (χ2n) is 4.68. The molecule has 0 unspecified atom stereocenters. The number of carbonyl (C=O) groups is 1. The molecule has 2 aromatic rings. The number of carboxylic acid groups (broad SMARTS) is 1. The molecular weight excluding hydrogens is 284 g/mol. The number of amides is 1. The molecule has 0 aliphatic rings. The fourth-order valence-electron chi connectivity index (χ4n) is 2.24. The molecule has 2 rings (SSSR count). The Hall–Kier alpha value is -2.89. The van der Waals surface area contributed by atoms with Crippen LogP contribution >= 0.6 is 0 Å². The van der Waals surface area contributed by atoms with Gasteiger partial charge in [-0.3, -0.25) is 5.32 Å². The first-order valence-corrected chi connectivity index (χ1v) is 6.63. The fourth-order valence-corrected chi connectivity index (χ4v) is 2.24. The zero-order valence-corrected chi connectivity index (χ0v) is 12.4. The lowest BCUT2D eigenvalue weighted by Crippen LogP contribution is -2.11. The highest BCUT2D eigenvalue weighted by atomic mass is 16.5. The Labute approximate surface area is 128 Å². The molecule has 4 N–H and O–H groups in total. The van der Waals surface area contributed by atoms with Gasteiger partial charge in [0.05, 0.1) is 19.9 Å². The molecule has 0 atom stereocenters. The second-order valence-corrected chi connectivity index (χ2v) is 4.68.